The minimum absolute atomic E-state index is 0.122. The molecule has 7 heteroatoms. The first kappa shape index (κ1) is 16.1. The van der Waals surface area contributed by atoms with Crippen molar-refractivity contribution in [2.45, 2.75) is 19.4 Å². The van der Waals surface area contributed by atoms with Gasteiger partial charge in [-0.1, -0.05) is 21.1 Å². The van der Waals surface area contributed by atoms with Gasteiger partial charge in [-0.15, -0.1) is 0 Å². The molecule has 1 aliphatic rings. The molecule has 0 spiro atoms. The summed E-state index contributed by atoms with van der Waals surface area (Å²) in [5, 5.41) is 6.77. The van der Waals surface area contributed by atoms with Crippen LogP contribution in [0.3, 0.4) is 0 Å². The van der Waals surface area contributed by atoms with Gasteiger partial charge < -0.3 is 9.84 Å². The average Bonchev–Trinajstić information content (AvgIpc) is 3.04. The van der Waals surface area contributed by atoms with Gasteiger partial charge in [-0.2, -0.15) is 4.98 Å². The number of carbonyl (C=O) groups excluding carboxylic acids is 1. The Kier molecular flexibility index (Phi) is 5.07. The first-order valence-electron chi connectivity index (χ1n) is 7.68. The van der Waals surface area contributed by atoms with E-state index in [0.29, 0.717) is 18.3 Å². The molecule has 1 saturated heterocycles. The Hall–Kier alpha value is -1.73. The van der Waals surface area contributed by atoms with Crippen LogP contribution in [0.15, 0.2) is 33.3 Å². The molecule has 0 saturated carbocycles. The fourth-order valence-electron chi connectivity index (χ4n) is 2.78. The summed E-state index contributed by atoms with van der Waals surface area (Å²) in [6.07, 6.45) is 1.74. The Morgan fingerprint density at radius 1 is 1.35 bits per heavy atom. The van der Waals surface area contributed by atoms with Crippen LogP contribution in [0.2, 0.25) is 0 Å². The van der Waals surface area contributed by atoms with E-state index in [4.69, 9.17) is 4.52 Å². The number of piperidine rings is 1. The molecule has 0 aliphatic carbocycles. The number of aromatic nitrogens is 2. The summed E-state index contributed by atoms with van der Waals surface area (Å²) in [7, 11) is 1.69. The highest BCUT2D eigenvalue weighted by Crippen LogP contribution is 2.21. The highest BCUT2D eigenvalue weighted by atomic mass is 79.9. The van der Waals surface area contributed by atoms with Gasteiger partial charge in [0.15, 0.2) is 0 Å². The minimum Gasteiger partial charge on any atom is -0.359 e. The molecular formula is C16H19BrN4O2. The molecule has 6 nitrogen and oxygen atoms in total. The molecular weight excluding hydrogens is 360 g/mol. The lowest BCUT2D eigenvalue weighted by atomic mass is 9.96. The van der Waals surface area contributed by atoms with Gasteiger partial charge in [0.2, 0.25) is 17.6 Å². The maximum atomic E-state index is 11.6. The third-order valence-corrected chi connectivity index (χ3v) is 4.66. The Morgan fingerprint density at radius 3 is 2.70 bits per heavy atom. The lowest BCUT2D eigenvalue weighted by Gasteiger charge is -2.29. The molecule has 1 aliphatic heterocycles. The first-order chi connectivity index (χ1) is 11.2. The van der Waals surface area contributed by atoms with Gasteiger partial charge in [-0.3, -0.25) is 9.69 Å². The van der Waals surface area contributed by atoms with E-state index in [0.717, 1.165) is 36.0 Å². The predicted molar refractivity (Wildman–Crippen MR) is 89.5 cm³/mol. The number of rotatable bonds is 4. The number of carbonyl (C=O) groups is 1. The second-order valence-corrected chi connectivity index (χ2v) is 6.60. The lowest BCUT2D eigenvalue weighted by molar-refractivity contribution is -0.125. The zero-order valence-corrected chi connectivity index (χ0v) is 14.5. The van der Waals surface area contributed by atoms with Crippen LogP contribution in [0.4, 0.5) is 0 Å². The highest BCUT2D eigenvalue weighted by Gasteiger charge is 2.25. The van der Waals surface area contributed by atoms with E-state index in [1.807, 2.05) is 24.3 Å². The Balaban J connectivity index is 1.58. The number of amides is 1. The van der Waals surface area contributed by atoms with Crippen LogP contribution in [-0.2, 0) is 11.3 Å². The zero-order valence-electron chi connectivity index (χ0n) is 13.0. The predicted octanol–water partition coefficient (Wildman–Crippen LogP) is 2.46. The summed E-state index contributed by atoms with van der Waals surface area (Å²) < 4.78 is 6.37. The van der Waals surface area contributed by atoms with Gasteiger partial charge in [0.05, 0.1) is 6.54 Å². The van der Waals surface area contributed by atoms with Gasteiger partial charge >= 0.3 is 0 Å². The molecule has 122 valence electrons. The average molecular weight is 379 g/mol. The summed E-state index contributed by atoms with van der Waals surface area (Å²) in [4.78, 5) is 18.4. The van der Waals surface area contributed by atoms with Crippen molar-refractivity contribution >= 4 is 21.8 Å². The third kappa shape index (κ3) is 3.97. The van der Waals surface area contributed by atoms with Crippen molar-refractivity contribution in [3.05, 3.63) is 34.6 Å². The van der Waals surface area contributed by atoms with Crippen molar-refractivity contribution in [3.8, 4) is 11.4 Å². The molecule has 0 bridgehead atoms. The van der Waals surface area contributed by atoms with Crippen LogP contribution in [0, 0.1) is 5.92 Å². The summed E-state index contributed by atoms with van der Waals surface area (Å²) in [6.45, 7) is 2.37. The van der Waals surface area contributed by atoms with E-state index in [-0.39, 0.29) is 11.8 Å². The van der Waals surface area contributed by atoms with Crippen LogP contribution in [0.25, 0.3) is 11.4 Å². The number of hydrogen-bond donors (Lipinski definition) is 1. The van der Waals surface area contributed by atoms with E-state index in [2.05, 4.69) is 36.3 Å². The van der Waals surface area contributed by atoms with E-state index in [1.54, 1.807) is 7.05 Å². The van der Waals surface area contributed by atoms with E-state index in [9.17, 15) is 4.79 Å². The lowest BCUT2D eigenvalue weighted by Crippen LogP contribution is -2.39. The monoisotopic (exact) mass is 378 g/mol. The van der Waals surface area contributed by atoms with Gasteiger partial charge in [-0.05, 0) is 50.2 Å². The summed E-state index contributed by atoms with van der Waals surface area (Å²) in [5.74, 6) is 1.48. The largest absolute Gasteiger partial charge is 0.359 e. The van der Waals surface area contributed by atoms with Crippen molar-refractivity contribution in [2.24, 2.45) is 5.92 Å². The molecule has 1 amide bonds. The fourth-order valence-corrected chi connectivity index (χ4v) is 3.05. The van der Waals surface area contributed by atoms with Gasteiger partial charge in [0.25, 0.3) is 0 Å². The normalized spacial score (nSPS) is 16.4. The van der Waals surface area contributed by atoms with Gasteiger partial charge in [0.1, 0.15) is 0 Å². The minimum atomic E-state index is 0.122. The van der Waals surface area contributed by atoms with Crippen molar-refractivity contribution in [1.29, 1.82) is 0 Å². The molecule has 2 heterocycles. The number of halogens is 1. The van der Waals surface area contributed by atoms with Crippen molar-refractivity contribution in [2.75, 3.05) is 20.1 Å². The van der Waals surface area contributed by atoms with Crippen LogP contribution < -0.4 is 5.32 Å². The Morgan fingerprint density at radius 2 is 2.04 bits per heavy atom. The topological polar surface area (TPSA) is 71.3 Å². The van der Waals surface area contributed by atoms with Crippen molar-refractivity contribution < 1.29 is 9.32 Å². The first-order valence-corrected chi connectivity index (χ1v) is 8.47. The maximum absolute atomic E-state index is 11.6. The standard InChI is InChI=1S/C16H19BrN4O2/c1-18-16(22)12-6-8-21(9-7-12)10-14-19-15(20-23-14)11-2-4-13(17)5-3-11/h2-5,12H,6-10H2,1H3,(H,18,22). The summed E-state index contributed by atoms with van der Waals surface area (Å²) in [6, 6.07) is 7.81. The molecule has 0 radical (unpaired) electrons. The quantitative estimate of drug-likeness (QED) is 0.884. The zero-order chi connectivity index (χ0) is 16.2. The highest BCUT2D eigenvalue weighted by molar-refractivity contribution is 9.10. The van der Waals surface area contributed by atoms with Crippen LogP contribution >= 0.6 is 15.9 Å². The molecule has 1 fully saturated rings. The SMILES string of the molecule is CNC(=O)C1CCN(Cc2nc(-c3ccc(Br)cc3)no2)CC1. The molecule has 1 N–H and O–H groups in total. The second-order valence-electron chi connectivity index (χ2n) is 5.68. The van der Waals surface area contributed by atoms with Crippen LogP contribution in [0.1, 0.15) is 18.7 Å². The van der Waals surface area contributed by atoms with Crippen LogP contribution in [0.5, 0.6) is 0 Å². The molecule has 23 heavy (non-hydrogen) atoms. The number of benzene rings is 1. The Labute approximate surface area is 143 Å². The molecule has 2 aromatic rings. The van der Waals surface area contributed by atoms with Crippen molar-refractivity contribution in [1.82, 2.24) is 20.4 Å². The molecule has 1 aromatic carbocycles. The van der Waals surface area contributed by atoms with Gasteiger partial charge in [0, 0.05) is 23.0 Å². The van der Waals surface area contributed by atoms with E-state index >= 15 is 0 Å². The summed E-state index contributed by atoms with van der Waals surface area (Å²) >= 11 is 3.41. The number of likely N-dealkylation sites (tertiary alicyclic amines) is 1. The molecule has 1 aromatic heterocycles. The van der Waals surface area contributed by atoms with E-state index < -0.39 is 0 Å². The number of nitrogens with zero attached hydrogens (tertiary/aromatic N) is 3. The summed E-state index contributed by atoms with van der Waals surface area (Å²) in [5.41, 5.74) is 0.932. The molecule has 3 rings (SSSR count). The third-order valence-electron chi connectivity index (χ3n) is 4.13. The molecule has 0 atom stereocenters. The van der Waals surface area contributed by atoms with Crippen molar-refractivity contribution in [3.63, 3.8) is 0 Å². The molecule has 0 unspecified atom stereocenters. The van der Waals surface area contributed by atoms with Crippen LogP contribution in [-0.4, -0.2) is 41.1 Å². The number of hydrogen-bond acceptors (Lipinski definition) is 5. The maximum Gasteiger partial charge on any atom is 0.241 e. The Bertz CT molecular complexity index is 663. The van der Waals surface area contributed by atoms with Gasteiger partial charge in [-0.25, -0.2) is 0 Å². The number of nitrogens with one attached hydrogen (secondary N) is 1. The smallest absolute Gasteiger partial charge is 0.241 e. The van der Waals surface area contributed by atoms with E-state index in [1.165, 1.54) is 0 Å². The fraction of sp³-hybridized carbons (Fsp3) is 0.438. The second kappa shape index (κ2) is 7.23.